The van der Waals surface area contributed by atoms with Crippen molar-refractivity contribution in [2.24, 2.45) is 0 Å². The zero-order chi connectivity index (χ0) is 12.0. The van der Waals surface area contributed by atoms with Gasteiger partial charge in [0.25, 0.3) is 0 Å². The van der Waals surface area contributed by atoms with Gasteiger partial charge in [-0.05, 0) is 45.7 Å². The molecule has 0 aliphatic carbocycles. The molecule has 0 radical (unpaired) electrons. The van der Waals surface area contributed by atoms with Crippen LogP contribution in [0.4, 0.5) is 0 Å². The smallest absolute Gasteiger partial charge is 0.0205 e. The van der Waals surface area contributed by atoms with Gasteiger partial charge in [-0.25, -0.2) is 0 Å². The van der Waals surface area contributed by atoms with E-state index in [0.29, 0.717) is 12.1 Å². The van der Waals surface area contributed by atoms with E-state index in [4.69, 9.17) is 11.6 Å². The summed E-state index contributed by atoms with van der Waals surface area (Å²) in [5.74, 6) is 0. The first-order valence-electron chi connectivity index (χ1n) is 6.36. The Morgan fingerprint density at radius 3 is 2.75 bits per heavy atom. The maximum Gasteiger partial charge on any atom is 0.0205 e. The Morgan fingerprint density at radius 2 is 2.25 bits per heavy atom. The van der Waals surface area contributed by atoms with Crippen LogP contribution in [0.5, 0.6) is 0 Å². The number of nitrogens with one attached hydrogen (secondary N) is 1. The Morgan fingerprint density at radius 1 is 1.50 bits per heavy atom. The van der Waals surface area contributed by atoms with E-state index in [1.165, 1.54) is 31.4 Å². The molecule has 0 aromatic heterocycles. The monoisotopic (exact) mass is 244 g/mol. The van der Waals surface area contributed by atoms with Crippen molar-refractivity contribution in [3.8, 4) is 0 Å². The molecular formula is C13H25ClN2. The summed E-state index contributed by atoms with van der Waals surface area (Å²) in [6.45, 7) is 9.91. The molecule has 1 heterocycles. The molecule has 1 fully saturated rings. The Labute approximate surface area is 105 Å². The van der Waals surface area contributed by atoms with Crippen LogP contribution in [-0.4, -0.2) is 36.6 Å². The SMILES string of the molecule is CC(=CCl)CN(CC1CCCCN1)C(C)C. The van der Waals surface area contributed by atoms with Crippen LogP contribution in [-0.2, 0) is 0 Å². The first-order valence-corrected chi connectivity index (χ1v) is 6.80. The van der Waals surface area contributed by atoms with Gasteiger partial charge in [0.1, 0.15) is 0 Å². The Hall–Kier alpha value is -0.0500. The van der Waals surface area contributed by atoms with Crippen molar-refractivity contribution >= 4 is 11.6 Å². The number of rotatable bonds is 5. The van der Waals surface area contributed by atoms with Gasteiger partial charge in [0.05, 0.1) is 0 Å². The summed E-state index contributed by atoms with van der Waals surface area (Å²) in [5, 5.41) is 3.60. The molecule has 0 amide bonds. The number of nitrogens with zero attached hydrogens (tertiary/aromatic N) is 1. The molecule has 0 aromatic carbocycles. The van der Waals surface area contributed by atoms with Gasteiger partial charge in [-0.15, -0.1) is 0 Å². The average Bonchev–Trinajstić information content (AvgIpc) is 2.29. The number of hydrogen-bond donors (Lipinski definition) is 1. The van der Waals surface area contributed by atoms with Crippen LogP contribution in [0.2, 0.25) is 0 Å². The van der Waals surface area contributed by atoms with E-state index in [-0.39, 0.29) is 0 Å². The molecule has 3 heteroatoms. The second-order valence-corrected chi connectivity index (χ2v) is 5.34. The van der Waals surface area contributed by atoms with Crippen molar-refractivity contribution in [2.75, 3.05) is 19.6 Å². The molecule has 1 saturated heterocycles. The van der Waals surface area contributed by atoms with E-state index < -0.39 is 0 Å². The van der Waals surface area contributed by atoms with Crippen molar-refractivity contribution in [2.45, 2.75) is 52.1 Å². The Bertz CT molecular complexity index is 220. The van der Waals surface area contributed by atoms with Crippen LogP contribution in [0.1, 0.15) is 40.0 Å². The van der Waals surface area contributed by atoms with Crippen LogP contribution in [0.3, 0.4) is 0 Å². The van der Waals surface area contributed by atoms with Crippen LogP contribution < -0.4 is 5.32 Å². The van der Waals surface area contributed by atoms with Crippen LogP contribution in [0.15, 0.2) is 11.1 Å². The minimum absolute atomic E-state index is 0.579. The van der Waals surface area contributed by atoms with Crippen molar-refractivity contribution in [1.29, 1.82) is 0 Å². The molecular weight excluding hydrogens is 220 g/mol. The van der Waals surface area contributed by atoms with Gasteiger partial charge in [-0.3, -0.25) is 4.90 Å². The van der Waals surface area contributed by atoms with E-state index in [0.717, 1.165) is 13.1 Å². The van der Waals surface area contributed by atoms with Gasteiger partial charge in [0.15, 0.2) is 0 Å². The van der Waals surface area contributed by atoms with Gasteiger partial charge in [-0.2, -0.15) is 0 Å². The quantitative estimate of drug-likeness (QED) is 0.800. The van der Waals surface area contributed by atoms with Crippen LogP contribution in [0.25, 0.3) is 0 Å². The lowest BCUT2D eigenvalue weighted by atomic mass is 10.0. The van der Waals surface area contributed by atoms with E-state index >= 15 is 0 Å². The molecule has 1 atom stereocenters. The first kappa shape index (κ1) is 14.0. The number of piperidine rings is 1. The maximum atomic E-state index is 5.74. The highest BCUT2D eigenvalue weighted by Crippen LogP contribution is 2.12. The molecule has 16 heavy (non-hydrogen) atoms. The highest BCUT2D eigenvalue weighted by atomic mass is 35.5. The van der Waals surface area contributed by atoms with Gasteiger partial charge in [0, 0.05) is 30.7 Å². The fourth-order valence-corrected chi connectivity index (χ4v) is 2.24. The molecule has 1 rings (SSSR count). The summed E-state index contributed by atoms with van der Waals surface area (Å²) in [4.78, 5) is 2.50. The van der Waals surface area contributed by atoms with Crippen LogP contribution >= 0.6 is 11.6 Å². The third kappa shape index (κ3) is 4.86. The van der Waals surface area contributed by atoms with Crippen LogP contribution in [0, 0.1) is 0 Å². The zero-order valence-electron chi connectivity index (χ0n) is 10.8. The van der Waals surface area contributed by atoms with Crippen molar-refractivity contribution in [3.05, 3.63) is 11.1 Å². The van der Waals surface area contributed by atoms with Gasteiger partial charge in [0.2, 0.25) is 0 Å². The summed E-state index contributed by atoms with van der Waals surface area (Å²) < 4.78 is 0. The maximum absolute atomic E-state index is 5.74. The summed E-state index contributed by atoms with van der Waals surface area (Å²) >= 11 is 5.74. The number of hydrogen-bond acceptors (Lipinski definition) is 2. The van der Waals surface area contributed by atoms with Crippen molar-refractivity contribution in [3.63, 3.8) is 0 Å². The standard InChI is InChI=1S/C13H25ClN2/c1-11(2)16(9-12(3)8-14)10-13-6-4-5-7-15-13/h8,11,13,15H,4-7,9-10H2,1-3H3. The van der Waals surface area contributed by atoms with E-state index in [1.54, 1.807) is 5.54 Å². The van der Waals surface area contributed by atoms with Gasteiger partial charge >= 0.3 is 0 Å². The van der Waals surface area contributed by atoms with Crippen molar-refractivity contribution < 1.29 is 0 Å². The second-order valence-electron chi connectivity index (χ2n) is 5.13. The molecule has 0 saturated carbocycles. The molecule has 1 N–H and O–H groups in total. The summed E-state index contributed by atoms with van der Waals surface area (Å²) in [6, 6.07) is 1.24. The minimum atomic E-state index is 0.579. The topological polar surface area (TPSA) is 15.3 Å². The van der Waals surface area contributed by atoms with Gasteiger partial charge in [-0.1, -0.05) is 18.0 Å². The first-order chi connectivity index (χ1) is 7.63. The molecule has 2 nitrogen and oxygen atoms in total. The fraction of sp³-hybridized carbons (Fsp3) is 0.846. The summed E-state index contributed by atoms with van der Waals surface area (Å²) in [7, 11) is 0. The average molecular weight is 245 g/mol. The molecule has 94 valence electrons. The molecule has 0 bridgehead atoms. The Balaban J connectivity index is 2.43. The lowest BCUT2D eigenvalue weighted by Crippen LogP contribution is -2.46. The molecule has 1 unspecified atom stereocenters. The van der Waals surface area contributed by atoms with E-state index in [9.17, 15) is 0 Å². The van der Waals surface area contributed by atoms with Crippen molar-refractivity contribution in [1.82, 2.24) is 10.2 Å². The molecule has 1 aliphatic heterocycles. The third-order valence-corrected chi connectivity index (χ3v) is 3.61. The zero-order valence-corrected chi connectivity index (χ0v) is 11.6. The number of halogens is 1. The third-order valence-electron chi connectivity index (χ3n) is 3.24. The van der Waals surface area contributed by atoms with Gasteiger partial charge < -0.3 is 5.32 Å². The predicted octanol–water partition coefficient (Wildman–Crippen LogP) is 2.98. The summed E-state index contributed by atoms with van der Waals surface area (Å²) in [5.41, 5.74) is 2.94. The highest BCUT2D eigenvalue weighted by Gasteiger charge is 2.18. The largest absolute Gasteiger partial charge is 0.313 e. The van der Waals surface area contributed by atoms with E-state index in [2.05, 4.69) is 31.0 Å². The highest BCUT2D eigenvalue weighted by molar-refractivity contribution is 6.25. The lowest BCUT2D eigenvalue weighted by molar-refractivity contribution is 0.199. The predicted molar refractivity (Wildman–Crippen MR) is 72.0 cm³/mol. The lowest BCUT2D eigenvalue weighted by Gasteiger charge is -2.33. The fourth-order valence-electron chi connectivity index (χ4n) is 2.18. The summed E-state index contributed by atoms with van der Waals surface area (Å²) in [6.07, 6.45) is 4.01. The molecule has 0 spiro atoms. The second kappa shape index (κ2) is 7.31. The Kier molecular flexibility index (Phi) is 6.40. The normalized spacial score (nSPS) is 23.1. The van der Waals surface area contributed by atoms with E-state index in [1.807, 2.05) is 0 Å². The minimum Gasteiger partial charge on any atom is -0.313 e. The molecule has 1 aliphatic rings. The molecule has 0 aromatic rings.